The van der Waals surface area contributed by atoms with Gasteiger partial charge < -0.3 is 5.32 Å². The second kappa shape index (κ2) is 5.62. The van der Waals surface area contributed by atoms with Crippen molar-refractivity contribution in [3.8, 4) is 6.07 Å². The molecule has 1 aromatic rings. The molecule has 1 aliphatic rings. The van der Waals surface area contributed by atoms with Crippen LogP contribution in [0.25, 0.3) is 0 Å². The zero-order valence-electron chi connectivity index (χ0n) is 8.99. The molecular weight excluding hydrogens is 313 g/mol. The molecule has 1 heterocycles. The minimum atomic E-state index is 0.00743. The number of halogens is 1. The van der Waals surface area contributed by atoms with E-state index in [0.717, 1.165) is 26.2 Å². The molecule has 1 atom stereocenters. The van der Waals surface area contributed by atoms with Crippen molar-refractivity contribution in [1.29, 1.82) is 5.26 Å². The van der Waals surface area contributed by atoms with Crippen LogP contribution in [-0.2, 0) is 6.54 Å². The van der Waals surface area contributed by atoms with Crippen molar-refractivity contribution in [2.24, 2.45) is 0 Å². The lowest BCUT2D eigenvalue weighted by atomic mass is 10.1. The van der Waals surface area contributed by atoms with Gasteiger partial charge in [0.05, 0.1) is 6.07 Å². The van der Waals surface area contributed by atoms with Crippen LogP contribution in [0.5, 0.6) is 0 Å². The van der Waals surface area contributed by atoms with Crippen molar-refractivity contribution in [1.82, 2.24) is 10.2 Å². The third kappa shape index (κ3) is 2.94. The molecule has 0 amide bonds. The predicted molar refractivity (Wildman–Crippen MR) is 71.8 cm³/mol. The molecule has 0 bridgehead atoms. The number of nitriles is 1. The van der Waals surface area contributed by atoms with E-state index in [2.05, 4.69) is 63.1 Å². The Hall–Kier alpha value is -0.640. The average Bonchev–Trinajstić information content (AvgIpc) is 2.33. The van der Waals surface area contributed by atoms with Crippen LogP contribution in [0.15, 0.2) is 24.3 Å². The number of hydrogen-bond donors (Lipinski definition) is 1. The van der Waals surface area contributed by atoms with Gasteiger partial charge in [-0.3, -0.25) is 4.90 Å². The van der Waals surface area contributed by atoms with Crippen molar-refractivity contribution >= 4 is 22.6 Å². The molecule has 0 aromatic heterocycles. The molecule has 1 aliphatic heterocycles. The van der Waals surface area contributed by atoms with Crippen LogP contribution in [0.2, 0.25) is 0 Å². The zero-order valence-corrected chi connectivity index (χ0v) is 11.1. The number of hydrogen-bond acceptors (Lipinski definition) is 3. The SMILES string of the molecule is N#CC1CNCCN1Cc1ccc(I)cc1. The van der Waals surface area contributed by atoms with Gasteiger partial charge in [0.15, 0.2) is 0 Å². The number of piperazine rings is 1. The summed E-state index contributed by atoms with van der Waals surface area (Å²) in [6, 6.07) is 10.9. The zero-order chi connectivity index (χ0) is 11.4. The van der Waals surface area contributed by atoms with E-state index in [-0.39, 0.29) is 6.04 Å². The molecule has 0 radical (unpaired) electrons. The Morgan fingerprint density at radius 3 is 2.88 bits per heavy atom. The third-order valence-corrected chi connectivity index (χ3v) is 3.52. The molecule has 0 spiro atoms. The molecule has 3 nitrogen and oxygen atoms in total. The maximum atomic E-state index is 9.05. The van der Waals surface area contributed by atoms with Gasteiger partial charge in [-0.1, -0.05) is 12.1 Å². The highest BCUT2D eigenvalue weighted by Crippen LogP contribution is 2.12. The summed E-state index contributed by atoms with van der Waals surface area (Å²) in [5.74, 6) is 0. The standard InChI is InChI=1S/C12H14IN3/c13-11-3-1-10(2-4-11)9-16-6-5-15-8-12(16)7-14/h1-4,12,15H,5-6,8-9H2. The van der Waals surface area contributed by atoms with Crippen LogP contribution in [0.1, 0.15) is 5.56 Å². The van der Waals surface area contributed by atoms with E-state index < -0.39 is 0 Å². The summed E-state index contributed by atoms with van der Waals surface area (Å²) in [6.07, 6.45) is 0. The van der Waals surface area contributed by atoms with Crippen LogP contribution in [-0.4, -0.2) is 30.6 Å². The molecule has 1 saturated heterocycles. The van der Waals surface area contributed by atoms with Crippen molar-refractivity contribution in [2.45, 2.75) is 12.6 Å². The van der Waals surface area contributed by atoms with Crippen LogP contribution in [0.4, 0.5) is 0 Å². The van der Waals surface area contributed by atoms with Gasteiger partial charge >= 0.3 is 0 Å². The van der Waals surface area contributed by atoms with Crippen LogP contribution in [0.3, 0.4) is 0 Å². The third-order valence-electron chi connectivity index (χ3n) is 2.80. The van der Waals surface area contributed by atoms with E-state index in [1.54, 1.807) is 0 Å². The minimum absolute atomic E-state index is 0.00743. The van der Waals surface area contributed by atoms with E-state index >= 15 is 0 Å². The summed E-state index contributed by atoms with van der Waals surface area (Å²) >= 11 is 2.30. The first-order chi connectivity index (χ1) is 7.79. The summed E-state index contributed by atoms with van der Waals surface area (Å²) in [6.45, 7) is 3.57. The quantitative estimate of drug-likeness (QED) is 0.839. The number of benzene rings is 1. The highest BCUT2D eigenvalue weighted by molar-refractivity contribution is 14.1. The number of rotatable bonds is 2. The molecule has 1 N–H and O–H groups in total. The fraction of sp³-hybridized carbons (Fsp3) is 0.417. The van der Waals surface area contributed by atoms with Crippen molar-refractivity contribution in [3.63, 3.8) is 0 Å². The fourth-order valence-electron chi connectivity index (χ4n) is 1.89. The Morgan fingerprint density at radius 1 is 1.44 bits per heavy atom. The van der Waals surface area contributed by atoms with Gasteiger partial charge in [0, 0.05) is 29.7 Å². The lowest BCUT2D eigenvalue weighted by Gasteiger charge is -2.31. The van der Waals surface area contributed by atoms with Crippen molar-refractivity contribution in [3.05, 3.63) is 33.4 Å². The maximum Gasteiger partial charge on any atom is 0.111 e. The summed E-state index contributed by atoms with van der Waals surface area (Å²) in [4.78, 5) is 2.23. The Labute approximate surface area is 110 Å². The smallest absolute Gasteiger partial charge is 0.111 e. The van der Waals surface area contributed by atoms with E-state index in [1.807, 2.05) is 0 Å². The van der Waals surface area contributed by atoms with Gasteiger partial charge in [-0.05, 0) is 40.3 Å². The molecule has 4 heteroatoms. The molecule has 1 aromatic carbocycles. The topological polar surface area (TPSA) is 39.1 Å². The molecule has 1 fully saturated rings. The molecule has 1 unspecified atom stereocenters. The molecule has 0 aliphatic carbocycles. The van der Waals surface area contributed by atoms with Gasteiger partial charge in [-0.2, -0.15) is 5.26 Å². The predicted octanol–water partition coefficient (Wildman–Crippen LogP) is 1.59. The van der Waals surface area contributed by atoms with E-state index in [1.165, 1.54) is 9.13 Å². The molecular formula is C12H14IN3. The average molecular weight is 327 g/mol. The first-order valence-corrected chi connectivity index (χ1v) is 6.46. The lowest BCUT2D eigenvalue weighted by molar-refractivity contribution is 0.189. The van der Waals surface area contributed by atoms with Gasteiger partial charge in [0.2, 0.25) is 0 Å². The van der Waals surface area contributed by atoms with E-state index in [4.69, 9.17) is 5.26 Å². The van der Waals surface area contributed by atoms with Gasteiger partial charge in [-0.25, -0.2) is 0 Å². The highest BCUT2D eigenvalue weighted by atomic mass is 127. The maximum absolute atomic E-state index is 9.05. The second-order valence-electron chi connectivity index (χ2n) is 3.95. The van der Waals surface area contributed by atoms with Crippen LogP contribution >= 0.6 is 22.6 Å². The second-order valence-corrected chi connectivity index (χ2v) is 5.19. The first-order valence-electron chi connectivity index (χ1n) is 5.38. The largest absolute Gasteiger partial charge is 0.313 e. The molecule has 2 rings (SSSR count). The first kappa shape index (κ1) is 11.8. The Kier molecular flexibility index (Phi) is 4.16. The normalized spacial score (nSPS) is 21.6. The number of nitrogens with zero attached hydrogens (tertiary/aromatic N) is 2. The Bertz CT molecular complexity index is 382. The fourth-order valence-corrected chi connectivity index (χ4v) is 2.25. The molecule has 84 valence electrons. The van der Waals surface area contributed by atoms with Crippen LogP contribution in [0, 0.1) is 14.9 Å². The number of nitrogens with one attached hydrogen (secondary N) is 1. The Morgan fingerprint density at radius 2 is 2.19 bits per heavy atom. The minimum Gasteiger partial charge on any atom is -0.313 e. The lowest BCUT2D eigenvalue weighted by Crippen LogP contribution is -2.49. The summed E-state index contributed by atoms with van der Waals surface area (Å²) < 4.78 is 1.25. The van der Waals surface area contributed by atoms with Gasteiger partial charge in [-0.15, -0.1) is 0 Å². The van der Waals surface area contributed by atoms with Gasteiger partial charge in [0.25, 0.3) is 0 Å². The molecule has 16 heavy (non-hydrogen) atoms. The van der Waals surface area contributed by atoms with Crippen molar-refractivity contribution in [2.75, 3.05) is 19.6 Å². The monoisotopic (exact) mass is 327 g/mol. The van der Waals surface area contributed by atoms with Gasteiger partial charge in [0.1, 0.15) is 6.04 Å². The van der Waals surface area contributed by atoms with Crippen LogP contribution < -0.4 is 5.32 Å². The summed E-state index contributed by atoms with van der Waals surface area (Å²) in [5, 5.41) is 12.3. The van der Waals surface area contributed by atoms with E-state index in [0.29, 0.717) is 0 Å². The van der Waals surface area contributed by atoms with E-state index in [9.17, 15) is 0 Å². The summed E-state index contributed by atoms with van der Waals surface area (Å²) in [5.41, 5.74) is 1.28. The van der Waals surface area contributed by atoms with Crippen molar-refractivity contribution < 1.29 is 0 Å². The molecule has 0 saturated carbocycles. The summed E-state index contributed by atoms with van der Waals surface area (Å²) in [7, 11) is 0. The Balaban J connectivity index is 2.02. The highest BCUT2D eigenvalue weighted by Gasteiger charge is 2.21.